The van der Waals surface area contributed by atoms with Gasteiger partial charge in [0.05, 0.1) is 11.4 Å². The Bertz CT molecular complexity index is 1240. The molecule has 178 valence electrons. The standard InChI is InChI=1S/C27H24N2O6/c1-3-13-34-22-16-20(28-24(30)9-10-25(28)31)7-5-18(22)15-19-6-8-21(17-23(19)35-14-4-2)29-26(32)11-12-27(29)33/h3-12,16-17,24,30H,1-2,13-15H2. The van der Waals surface area contributed by atoms with Gasteiger partial charge in [0.2, 0.25) is 0 Å². The second kappa shape index (κ2) is 10.2. The summed E-state index contributed by atoms with van der Waals surface area (Å²) in [7, 11) is 0. The number of benzene rings is 2. The molecule has 35 heavy (non-hydrogen) atoms. The minimum absolute atomic E-state index is 0.233. The molecule has 3 amide bonds. The summed E-state index contributed by atoms with van der Waals surface area (Å²) in [5.41, 5.74) is 2.49. The van der Waals surface area contributed by atoms with E-state index in [1.807, 2.05) is 6.07 Å². The minimum Gasteiger partial charge on any atom is -0.489 e. The van der Waals surface area contributed by atoms with Gasteiger partial charge in [-0.3, -0.25) is 19.3 Å². The highest BCUT2D eigenvalue weighted by Gasteiger charge is 2.27. The SMILES string of the molecule is C=CCOc1cc(N2C(=O)C=CC2=O)ccc1Cc1ccc(N2C(=O)C=CC2O)cc1OCC=C. The lowest BCUT2D eigenvalue weighted by atomic mass is 10.0. The summed E-state index contributed by atoms with van der Waals surface area (Å²) in [5, 5.41) is 10.1. The van der Waals surface area contributed by atoms with Gasteiger partial charge >= 0.3 is 0 Å². The molecule has 0 spiro atoms. The van der Waals surface area contributed by atoms with Crippen molar-refractivity contribution in [2.24, 2.45) is 0 Å². The second-order valence-corrected chi connectivity index (χ2v) is 7.79. The molecule has 0 bridgehead atoms. The molecule has 2 aliphatic rings. The van der Waals surface area contributed by atoms with Crippen LogP contribution in [0.5, 0.6) is 11.5 Å². The smallest absolute Gasteiger partial charge is 0.258 e. The Morgan fingerprint density at radius 3 is 1.86 bits per heavy atom. The first-order chi connectivity index (χ1) is 16.9. The number of carbonyl (C=O) groups is 3. The summed E-state index contributed by atoms with van der Waals surface area (Å²) in [6.07, 6.45) is 7.75. The van der Waals surface area contributed by atoms with E-state index in [-0.39, 0.29) is 19.1 Å². The average molecular weight is 472 g/mol. The highest BCUT2D eigenvalue weighted by atomic mass is 16.5. The fourth-order valence-corrected chi connectivity index (χ4v) is 3.84. The lowest BCUT2D eigenvalue weighted by Crippen LogP contribution is -2.33. The summed E-state index contributed by atoms with van der Waals surface area (Å²) in [5.74, 6) is -0.149. The average Bonchev–Trinajstić information content (AvgIpc) is 3.37. The van der Waals surface area contributed by atoms with Crippen LogP contribution in [-0.2, 0) is 20.8 Å². The number of ether oxygens (including phenoxy) is 2. The maximum Gasteiger partial charge on any atom is 0.258 e. The van der Waals surface area contributed by atoms with Crippen molar-refractivity contribution in [3.63, 3.8) is 0 Å². The zero-order chi connectivity index (χ0) is 24.9. The molecule has 1 N–H and O–H groups in total. The molecule has 0 radical (unpaired) electrons. The van der Waals surface area contributed by atoms with Crippen molar-refractivity contribution in [1.29, 1.82) is 0 Å². The van der Waals surface area contributed by atoms with Crippen molar-refractivity contribution >= 4 is 29.1 Å². The van der Waals surface area contributed by atoms with Crippen molar-refractivity contribution in [2.75, 3.05) is 23.0 Å². The maximum atomic E-state index is 12.2. The number of carbonyl (C=O) groups excluding carboxylic acids is 3. The summed E-state index contributed by atoms with van der Waals surface area (Å²) in [6.45, 7) is 7.85. The van der Waals surface area contributed by atoms with Crippen LogP contribution in [0.4, 0.5) is 11.4 Å². The van der Waals surface area contributed by atoms with Crippen LogP contribution >= 0.6 is 0 Å². The molecule has 0 saturated heterocycles. The summed E-state index contributed by atoms with van der Waals surface area (Å²) in [6, 6.07) is 10.4. The topological polar surface area (TPSA) is 96.4 Å². The predicted octanol–water partition coefficient (Wildman–Crippen LogP) is 3.06. The van der Waals surface area contributed by atoms with Gasteiger partial charge in [0.15, 0.2) is 6.23 Å². The van der Waals surface area contributed by atoms with Gasteiger partial charge in [0, 0.05) is 36.8 Å². The van der Waals surface area contributed by atoms with Crippen LogP contribution in [0.3, 0.4) is 0 Å². The van der Waals surface area contributed by atoms with Gasteiger partial charge in [-0.2, -0.15) is 0 Å². The van der Waals surface area contributed by atoms with Crippen molar-refractivity contribution in [3.05, 3.63) is 97.1 Å². The number of aliphatic hydroxyl groups is 1. The van der Waals surface area contributed by atoms with E-state index in [0.29, 0.717) is 29.3 Å². The Kier molecular flexibility index (Phi) is 6.93. The van der Waals surface area contributed by atoms with E-state index in [1.54, 1.807) is 42.5 Å². The quantitative estimate of drug-likeness (QED) is 0.422. The third-order valence-corrected chi connectivity index (χ3v) is 5.45. The molecule has 1 atom stereocenters. The Labute approximate surface area is 202 Å². The lowest BCUT2D eigenvalue weighted by molar-refractivity contribution is -0.120. The largest absolute Gasteiger partial charge is 0.489 e. The van der Waals surface area contributed by atoms with Crippen LogP contribution < -0.4 is 19.3 Å². The molecule has 2 aromatic carbocycles. The number of nitrogens with zero attached hydrogens (tertiary/aromatic N) is 2. The number of rotatable bonds is 10. The number of anilines is 2. The van der Waals surface area contributed by atoms with E-state index in [0.717, 1.165) is 16.0 Å². The third-order valence-electron chi connectivity index (χ3n) is 5.45. The van der Waals surface area contributed by atoms with E-state index < -0.39 is 18.0 Å². The van der Waals surface area contributed by atoms with E-state index >= 15 is 0 Å². The Balaban J connectivity index is 1.67. The van der Waals surface area contributed by atoms with Gasteiger partial charge in [-0.1, -0.05) is 37.4 Å². The first-order valence-corrected chi connectivity index (χ1v) is 10.9. The molecule has 8 heteroatoms. The van der Waals surface area contributed by atoms with Crippen molar-refractivity contribution < 1.29 is 29.0 Å². The molecule has 2 aromatic rings. The van der Waals surface area contributed by atoms with Gasteiger partial charge in [-0.15, -0.1) is 0 Å². The van der Waals surface area contributed by atoms with Crippen molar-refractivity contribution in [3.8, 4) is 11.5 Å². The molecule has 8 nitrogen and oxygen atoms in total. The van der Waals surface area contributed by atoms with Crippen LogP contribution in [0.1, 0.15) is 11.1 Å². The van der Waals surface area contributed by atoms with Gasteiger partial charge in [-0.25, -0.2) is 4.90 Å². The molecule has 0 aliphatic carbocycles. The fraction of sp³-hybridized carbons (Fsp3) is 0.148. The van der Waals surface area contributed by atoms with Gasteiger partial charge in [0.1, 0.15) is 24.7 Å². The van der Waals surface area contributed by atoms with Crippen molar-refractivity contribution in [2.45, 2.75) is 12.6 Å². The minimum atomic E-state index is -1.04. The summed E-state index contributed by atoms with van der Waals surface area (Å²) >= 11 is 0. The maximum absolute atomic E-state index is 12.2. The first kappa shape index (κ1) is 23.7. The molecule has 1 unspecified atom stereocenters. The highest BCUT2D eigenvalue weighted by molar-refractivity contribution is 6.28. The number of amides is 3. The molecule has 0 fully saturated rings. The van der Waals surface area contributed by atoms with E-state index in [4.69, 9.17) is 9.47 Å². The summed E-state index contributed by atoms with van der Waals surface area (Å²) in [4.78, 5) is 38.7. The van der Waals surface area contributed by atoms with Crippen molar-refractivity contribution in [1.82, 2.24) is 0 Å². The first-order valence-electron chi connectivity index (χ1n) is 10.9. The number of aliphatic hydroxyl groups excluding tert-OH is 1. The van der Waals surface area contributed by atoms with Gasteiger partial charge in [-0.05, 0) is 29.3 Å². The molecule has 0 aromatic heterocycles. The lowest BCUT2D eigenvalue weighted by Gasteiger charge is -2.22. The molecule has 2 aliphatic heterocycles. The Morgan fingerprint density at radius 1 is 0.800 bits per heavy atom. The normalized spacial score (nSPS) is 16.8. The van der Waals surface area contributed by atoms with E-state index in [9.17, 15) is 19.5 Å². The van der Waals surface area contributed by atoms with Gasteiger partial charge < -0.3 is 14.6 Å². The Morgan fingerprint density at radius 2 is 1.34 bits per heavy atom. The third kappa shape index (κ3) is 4.92. The summed E-state index contributed by atoms with van der Waals surface area (Å²) < 4.78 is 11.7. The number of hydrogen-bond donors (Lipinski definition) is 1. The van der Waals surface area contributed by atoms with Crippen LogP contribution in [0, 0.1) is 0 Å². The fourth-order valence-electron chi connectivity index (χ4n) is 3.84. The van der Waals surface area contributed by atoms with E-state index in [1.165, 1.54) is 29.2 Å². The van der Waals surface area contributed by atoms with Crippen LogP contribution in [0.2, 0.25) is 0 Å². The molecule has 4 rings (SSSR count). The van der Waals surface area contributed by atoms with Gasteiger partial charge in [0.25, 0.3) is 17.7 Å². The second-order valence-electron chi connectivity index (χ2n) is 7.79. The molecular weight excluding hydrogens is 448 g/mol. The van der Waals surface area contributed by atoms with Crippen LogP contribution in [0.25, 0.3) is 0 Å². The van der Waals surface area contributed by atoms with E-state index in [2.05, 4.69) is 13.2 Å². The van der Waals surface area contributed by atoms with Crippen LogP contribution in [-0.4, -0.2) is 42.3 Å². The monoisotopic (exact) mass is 472 g/mol. The number of hydrogen-bond acceptors (Lipinski definition) is 6. The molecule has 0 saturated carbocycles. The molecule has 2 heterocycles. The number of imide groups is 1. The zero-order valence-electron chi connectivity index (χ0n) is 18.9. The zero-order valence-corrected chi connectivity index (χ0v) is 18.9. The Hall–Kier alpha value is -4.43. The predicted molar refractivity (Wildman–Crippen MR) is 131 cm³/mol. The molecular formula is C27H24N2O6. The van der Waals surface area contributed by atoms with Crippen LogP contribution in [0.15, 0.2) is 86.0 Å². The highest BCUT2D eigenvalue weighted by Crippen LogP contribution is 2.34.